The van der Waals surface area contributed by atoms with E-state index in [1.165, 1.54) is 12.1 Å². The number of pyridine rings is 1. The Morgan fingerprint density at radius 2 is 1.93 bits per heavy atom. The van der Waals surface area contributed by atoms with E-state index in [0.29, 0.717) is 42.7 Å². The maximum atomic E-state index is 15.2. The van der Waals surface area contributed by atoms with Crippen molar-refractivity contribution in [2.24, 2.45) is 11.7 Å². The molecule has 0 spiro atoms. The summed E-state index contributed by atoms with van der Waals surface area (Å²) < 4.78 is 32.1. The van der Waals surface area contributed by atoms with Crippen molar-refractivity contribution in [1.82, 2.24) is 24.5 Å². The molecule has 8 nitrogen and oxygen atoms in total. The molecule has 3 N–H and O–H groups in total. The van der Waals surface area contributed by atoms with Crippen LogP contribution in [-0.4, -0.2) is 54.2 Å². The van der Waals surface area contributed by atoms with Gasteiger partial charge in [0.1, 0.15) is 17.5 Å². The summed E-state index contributed by atoms with van der Waals surface area (Å²) in [6, 6.07) is 7.57. The summed E-state index contributed by atoms with van der Waals surface area (Å²) in [7, 11) is 0. The van der Waals surface area contributed by atoms with E-state index in [1.807, 2.05) is 19.2 Å². The number of fused-ring (bicyclic) bond motifs is 1. The van der Waals surface area contributed by atoms with Crippen LogP contribution in [0.3, 0.4) is 0 Å². The van der Waals surface area contributed by atoms with Gasteiger partial charge in [0.15, 0.2) is 0 Å². The number of likely N-dealkylation sites (tertiary alicyclic amines) is 1. The lowest BCUT2D eigenvalue weighted by atomic mass is 9.74. The summed E-state index contributed by atoms with van der Waals surface area (Å²) in [5.74, 6) is -0.578. The maximum Gasteiger partial charge on any atom is 0.222 e. The van der Waals surface area contributed by atoms with Gasteiger partial charge in [-0.25, -0.2) is 18.3 Å². The molecule has 40 heavy (non-hydrogen) atoms. The van der Waals surface area contributed by atoms with Crippen molar-refractivity contribution in [2.45, 2.75) is 63.6 Å². The molecule has 2 fully saturated rings. The number of imidazole rings is 1. The average molecular weight is 547 g/mol. The van der Waals surface area contributed by atoms with Gasteiger partial charge < -0.3 is 15.7 Å². The van der Waals surface area contributed by atoms with Crippen molar-refractivity contribution in [2.75, 3.05) is 6.54 Å². The van der Waals surface area contributed by atoms with Gasteiger partial charge in [0, 0.05) is 44.4 Å². The summed E-state index contributed by atoms with van der Waals surface area (Å²) in [6.45, 7) is 2.79. The second kappa shape index (κ2) is 10.7. The molecule has 6 rings (SSSR count). The number of aliphatic hydroxyl groups is 1. The van der Waals surface area contributed by atoms with Gasteiger partial charge in [-0.2, -0.15) is 5.10 Å². The van der Waals surface area contributed by atoms with Crippen LogP contribution in [0.25, 0.3) is 16.8 Å². The zero-order valence-electron chi connectivity index (χ0n) is 22.3. The first-order valence-electron chi connectivity index (χ1n) is 13.7. The molecule has 1 saturated heterocycles. The molecule has 4 atom stereocenters. The number of nitrogens with two attached hydrogens (primary N) is 1. The Hall–Kier alpha value is -3.76. The predicted molar refractivity (Wildman–Crippen MR) is 145 cm³/mol. The van der Waals surface area contributed by atoms with Crippen molar-refractivity contribution < 1.29 is 18.7 Å². The quantitative estimate of drug-likeness (QED) is 0.379. The van der Waals surface area contributed by atoms with Crippen LogP contribution in [0.15, 0.2) is 48.9 Å². The molecule has 1 aliphatic carbocycles. The van der Waals surface area contributed by atoms with Gasteiger partial charge in [0.2, 0.25) is 5.91 Å². The zero-order valence-corrected chi connectivity index (χ0v) is 22.3. The van der Waals surface area contributed by atoms with E-state index in [2.05, 4.69) is 15.1 Å². The van der Waals surface area contributed by atoms with Crippen molar-refractivity contribution in [3.63, 3.8) is 0 Å². The topological polar surface area (TPSA) is 110 Å². The monoisotopic (exact) mass is 546 g/mol. The normalized spacial score (nSPS) is 23.3. The van der Waals surface area contributed by atoms with Gasteiger partial charge >= 0.3 is 0 Å². The SMILES string of the molecule is C[C@H]1C[C@@H](c2ccncc2Cc2ncc3ccc(-c4c(F)cc(CN5CCCC5=O)cc4F)nn23)C[C@@H](N)[C@H]1O. The summed E-state index contributed by atoms with van der Waals surface area (Å²) >= 11 is 0. The van der Waals surface area contributed by atoms with Crippen LogP contribution in [0.5, 0.6) is 0 Å². The van der Waals surface area contributed by atoms with E-state index in [1.54, 1.807) is 33.9 Å². The van der Waals surface area contributed by atoms with E-state index < -0.39 is 17.7 Å². The average Bonchev–Trinajstić information content (AvgIpc) is 3.52. The Morgan fingerprint density at radius 3 is 2.65 bits per heavy atom. The van der Waals surface area contributed by atoms with Gasteiger partial charge in [-0.1, -0.05) is 6.92 Å². The Morgan fingerprint density at radius 1 is 1.12 bits per heavy atom. The number of aromatic nitrogens is 4. The Balaban J connectivity index is 1.30. The number of nitrogens with zero attached hydrogens (tertiary/aromatic N) is 5. The highest BCUT2D eigenvalue weighted by Crippen LogP contribution is 2.37. The molecule has 4 aromatic rings. The van der Waals surface area contributed by atoms with Crippen molar-refractivity contribution >= 4 is 11.4 Å². The number of benzene rings is 1. The summed E-state index contributed by atoms with van der Waals surface area (Å²) in [6.07, 6.45) is 7.87. The van der Waals surface area contributed by atoms with Crippen LogP contribution in [0, 0.1) is 17.6 Å². The third-order valence-electron chi connectivity index (χ3n) is 8.32. The fraction of sp³-hybridized carbons (Fsp3) is 0.400. The lowest BCUT2D eigenvalue weighted by Gasteiger charge is -2.36. The standard InChI is InChI=1S/C30H32F2N6O2/c1-17-9-19(12-25(33)30(17)40)22-6-7-34-14-20(22)13-27-35-15-21-4-5-26(36-38(21)27)29-23(31)10-18(11-24(29)32)16-37-8-2-3-28(37)39/h4-7,10-11,14-15,17,19,25,30,40H,2-3,8-9,12-13,16,33H2,1H3/t17-,19+,25+,30-/m0/s1. The molecule has 208 valence electrons. The molecular formula is C30H32F2N6O2. The van der Waals surface area contributed by atoms with Crippen LogP contribution >= 0.6 is 0 Å². The van der Waals surface area contributed by atoms with Gasteiger partial charge in [-0.15, -0.1) is 0 Å². The van der Waals surface area contributed by atoms with Gasteiger partial charge in [0.05, 0.1) is 29.1 Å². The molecule has 0 bridgehead atoms. The van der Waals surface area contributed by atoms with Crippen LogP contribution in [0.1, 0.15) is 61.0 Å². The van der Waals surface area contributed by atoms with Crippen molar-refractivity contribution in [3.05, 3.63) is 83.1 Å². The van der Waals surface area contributed by atoms with Crippen molar-refractivity contribution in [3.8, 4) is 11.3 Å². The number of carbonyl (C=O) groups is 1. The summed E-state index contributed by atoms with van der Waals surface area (Å²) in [4.78, 5) is 22.5. The molecule has 0 unspecified atom stereocenters. The Kier molecular flexibility index (Phi) is 7.06. The highest BCUT2D eigenvalue weighted by atomic mass is 19.1. The highest BCUT2D eigenvalue weighted by molar-refractivity contribution is 5.78. The minimum atomic E-state index is -0.727. The summed E-state index contributed by atoms with van der Waals surface area (Å²) in [5, 5.41) is 14.9. The number of amides is 1. The minimum Gasteiger partial charge on any atom is -0.391 e. The predicted octanol–water partition coefficient (Wildman–Crippen LogP) is 3.98. The van der Waals surface area contributed by atoms with Crippen LogP contribution in [-0.2, 0) is 17.8 Å². The first-order chi connectivity index (χ1) is 19.3. The van der Waals surface area contributed by atoms with Gasteiger partial charge in [-0.3, -0.25) is 9.78 Å². The molecule has 10 heteroatoms. The third-order valence-corrected chi connectivity index (χ3v) is 8.32. The fourth-order valence-electron chi connectivity index (χ4n) is 6.22. The number of rotatable bonds is 6. The number of carbonyl (C=O) groups excluding carboxylic acids is 1. The van der Waals surface area contributed by atoms with E-state index >= 15 is 8.78 Å². The second-order valence-corrected chi connectivity index (χ2v) is 11.1. The van der Waals surface area contributed by atoms with Crippen LogP contribution in [0.4, 0.5) is 8.78 Å². The number of hydrogen-bond donors (Lipinski definition) is 2. The van der Waals surface area contributed by atoms with Gasteiger partial charge in [-0.05, 0) is 78.1 Å². The molecule has 2 aliphatic rings. The molecule has 1 aromatic carbocycles. The van der Waals surface area contributed by atoms with E-state index in [4.69, 9.17) is 5.73 Å². The van der Waals surface area contributed by atoms with Gasteiger partial charge in [0.25, 0.3) is 0 Å². The van der Waals surface area contributed by atoms with Crippen LogP contribution < -0.4 is 5.73 Å². The Labute approximate surface area is 230 Å². The molecule has 4 heterocycles. The molecular weight excluding hydrogens is 514 g/mol. The molecule has 1 amide bonds. The van der Waals surface area contributed by atoms with Crippen LogP contribution in [0.2, 0.25) is 0 Å². The van der Waals surface area contributed by atoms with E-state index in [-0.39, 0.29) is 41.6 Å². The zero-order chi connectivity index (χ0) is 28.0. The van der Waals surface area contributed by atoms with Crippen molar-refractivity contribution in [1.29, 1.82) is 0 Å². The molecule has 1 saturated carbocycles. The van der Waals surface area contributed by atoms with E-state index in [0.717, 1.165) is 24.0 Å². The molecule has 0 radical (unpaired) electrons. The maximum absolute atomic E-state index is 15.2. The fourth-order valence-corrected chi connectivity index (χ4v) is 6.22. The number of hydrogen-bond acceptors (Lipinski definition) is 6. The largest absolute Gasteiger partial charge is 0.391 e. The Bertz CT molecular complexity index is 1540. The minimum absolute atomic E-state index is 0.000132. The number of halogens is 2. The third kappa shape index (κ3) is 4.97. The van der Waals surface area contributed by atoms with E-state index in [9.17, 15) is 9.90 Å². The first-order valence-corrected chi connectivity index (χ1v) is 13.7. The first kappa shape index (κ1) is 26.5. The lowest BCUT2D eigenvalue weighted by Crippen LogP contribution is -2.44. The lowest BCUT2D eigenvalue weighted by molar-refractivity contribution is -0.128. The number of aliphatic hydroxyl groups excluding tert-OH is 1. The molecule has 3 aromatic heterocycles. The highest BCUT2D eigenvalue weighted by Gasteiger charge is 2.34. The second-order valence-electron chi connectivity index (χ2n) is 11.1. The molecule has 1 aliphatic heterocycles. The smallest absolute Gasteiger partial charge is 0.222 e. The summed E-state index contributed by atoms with van der Waals surface area (Å²) in [5.41, 5.74) is 9.37.